The lowest BCUT2D eigenvalue weighted by Gasteiger charge is -2.11. The second-order valence-corrected chi connectivity index (χ2v) is 4.84. The average molecular weight is 264 g/mol. The Morgan fingerprint density at radius 2 is 1.85 bits per heavy atom. The van der Waals surface area contributed by atoms with Crippen LogP contribution in [0.5, 0.6) is 0 Å². The van der Waals surface area contributed by atoms with Crippen molar-refractivity contribution in [1.29, 1.82) is 5.26 Å². The monoisotopic (exact) mass is 264 g/mol. The van der Waals surface area contributed by atoms with Gasteiger partial charge in [-0.3, -0.25) is 4.79 Å². The van der Waals surface area contributed by atoms with E-state index in [4.69, 9.17) is 5.26 Å². The van der Waals surface area contributed by atoms with Gasteiger partial charge >= 0.3 is 0 Å². The number of anilines is 1. The fourth-order valence-electron chi connectivity index (χ4n) is 2.01. The van der Waals surface area contributed by atoms with Gasteiger partial charge in [0.1, 0.15) is 0 Å². The molecule has 3 nitrogen and oxygen atoms in total. The van der Waals surface area contributed by atoms with Crippen LogP contribution in [0.4, 0.5) is 5.69 Å². The summed E-state index contributed by atoms with van der Waals surface area (Å²) in [5.74, 6) is -0.149. The molecule has 100 valence electrons. The highest BCUT2D eigenvalue weighted by Gasteiger charge is 2.11. The van der Waals surface area contributed by atoms with Crippen LogP contribution in [0.1, 0.15) is 32.6 Å². The minimum Gasteiger partial charge on any atom is -0.322 e. The molecule has 0 spiro atoms. The molecule has 0 atom stereocenters. The summed E-state index contributed by atoms with van der Waals surface area (Å²) >= 11 is 0. The smallest absolute Gasteiger partial charge is 0.255 e. The number of nitrogens with one attached hydrogen (secondary N) is 1. The van der Waals surface area contributed by atoms with Crippen molar-refractivity contribution in [3.05, 3.63) is 64.2 Å². The van der Waals surface area contributed by atoms with Gasteiger partial charge in [-0.1, -0.05) is 18.2 Å². The van der Waals surface area contributed by atoms with Crippen molar-refractivity contribution in [3.8, 4) is 6.07 Å². The molecule has 0 aliphatic carbocycles. The van der Waals surface area contributed by atoms with Crippen molar-refractivity contribution in [2.45, 2.75) is 20.8 Å². The van der Waals surface area contributed by atoms with Crippen LogP contribution in [-0.2, 0) is 0 Å². The van der Waals surface area contributed by atoms with Crippen molar-refractivity contribution in [2.24, 2.45) is 0 Å². The molecule has 2 rings (SSSR count). The van der Waals surface area contributed by atoms with E-state index in [0.717, 1.165) is 16.7 Å². The minimum absolute atomic E-state index is 0.149. The number of hydrogen-bond donors (Lipinski definition) is 1. The molecule has 0 aliphatic heterocycles. The third kappa shape index (κ3) is 2.70. The Hall–Kier alpha value is -2.60. The Balaban J connectivity index is 2.33. The van der Waals surface area contributed by atoms with Crippen LogP contribution in [0.3, 0.4) is 0 Å². The lowest BCUT2D eigenvalue weighted by Crippen LogP contribution is -2.14. The molecule has 3 heteroatoms. The van der Waals surface area contributed by atoms with Crippen molar-refractivity contribution in [3.63, 3.8) is 0 Å². The zero-order chi connectivity index (χ0) is 14.7. The maximum atomic E-state index is 12.3. The van der Waals surface area contributed by atoms with Gasteiger partial charge in [0, 0.05) is 11.3 Å². The molecule has 0 bridgehead atoms. The molecule has 20 heavy (non-hydrogen) atoms. The molecule has 0 heterocycles. The van der Waals surface area contributed by atoms with Crippen LogP contribution in [0.15, 0.2) is 36.4 Å². The predicted octanol–water partition coefficient (Wildman–Crippen LogP) is 3.74. The number of benzene rings is 2. The molecule has 0 radical (unpaired) electrons. The summed E-state index contributed by atoms with van der Waals surface area (Å²) in [4.78, 5) is 12.3. The van der Waals surface area contributed by atoms with Crippen LogP contribution < -0.4 is 5.32 Å². The van der Waals surface area contributed by atoms with Gasteiger partial charge in [-0.25, -0.2) is 0 Å². The fraction of sp³-hybridized carbons (Fsp3) is 0.176. The zero-order valence-electron chi connectivity index (χ0n) is 11.8. The average Bonchev–Trinajstić information content (AvgIpc) is 2.44. The number of hydrogen-bond acceptors (Lipinski definition) is 2. The normalized spacial score (nSPS) is 9.90. The van der Waals surface area contributed by atoms with E-state index >= 15 is 0 Å². The summed E-state index contributed by atoms with van der Waals surface area (Å²) in [7, 11) is 0. The van der Waals surface area contributed by atoms with E-state index in [1.807, 2.05) is 39.0 Å². The summed E-state index contributed by atoms with van der Waals surface area (Å²) in [6, 6.07) is 13.0. The first-order valence-corrected chi connectivity index (χ1v) is 6.41. The highest BCUT2D eigenvalue weighted by Crippen LogP contribution is 2.19. The van der Waals surface area contributed by atoms with E-state index in [-0.39, 0.29) is 5.91 Å². The summed E-state index contributed by atoms with van der Waals surface area (Å²) in [6.07, 6.45) is 0. The van der Waals surface area contributed by atoms with Gasteiger partial charge in [0.25, 0.3) is 5.91 Å². The molecule has 2 aromatic carbocycles. The summed E-state index contributed by atoms with van der Waals surface area (Å²) in [5.41, 5.74) is 4.86. The maximum absolute atomic E-state index is 12.3. The molecular formula is C17H16N2O. The lowest BCUT2D eigenvalue weighted by molar-refractivity contribution is 0.102. The Morgan fingerprint density at radius 1 is 1.10 bits per heavy atom. The van der Waals surface area contributed by atoms with E-state index in [1.54, 1.807) is 18.2 Å². The molecule has 1 N–H and O–H groups in total. The van der Waals surface area contributed by atoms with E-state index in [1.165, 1.54) is 0 Å². The topological polar surface area (TPSA) is 52.9 Å². The minimum atomic E-state index is -0.149. The highest BCUT2D eigenvalue weighted by molar-refractivity contribution is 6.05. The molecule has 0 unspecified atom stereocenters. The molecule has 0 fully saturated rings. The number of nitriles is 1. The molecule has 0 aliphatic rings. The molecular weight excluding hydrogens is 248 g/mol. The molecule has 2 aromatic rings. The first kappa shape index (κ1) is 13.8. The number of amides is 1. The fourth-order valence-corrected chi connectivity index (χ4v) is 2.01. The van der Waals surface area contributed by atoms with Gasteiger partial charge in [-0.2, -0.15) is 5.26 Å². The SMILES string of the molecule is Cc1ccc(C#N)cc1NC(=O)c1cccc(C)c1C. The van der Waals surface area contributed by atoms with E-state index in [2.05, 4.69) is 11.4 Å². The highest BCUT2D eigenvalue weighted by atomic mass is 16.1. The standard InChI is InChI=1S/C17H16N2O/c1-11-5-4-6-15(13(11)3)17(20)19-16-9-14(10-18)8-7-12(16)2/h4-9H,1-3H3,(H,19,20). The van der Waals surface area contributed by atoms with Crippen LogP contribution >= 0.6 is 0 Å². The number of carbonyl (C=O) groups excluding carboxylic acids is 1. The molecule has 1 amide bonds. The number of rotatable bonds is 2. The third-order valence-corrected chi connectivity index (χ3v) is 3.46. The first-order valence-electron chi connectivity index (χ1n) is 6.41. The molecule has 0 saturated heterocycles. The lowest BCUT2D eigenvalue weighted by atomic mass is 10.0. The van der Waals surface area contributed by atoms with Gasteiger partial charge in [-0.15, -0.1) is 0 Å². The van der Waals surface area contributed by atoms with Crippen molar-refractivity contribution < 1.29 is 4.79 Å². The largest absolute Gasteiger partial charge is 0.322 e. The number of nitrogens with zero attached hydrogens (tertiary/aromatic N) is 1. The van der Waals surface area contributed by atoms with Gasteiger partial charge in [-0.05, 0) is 55.7 Å². The summed E-state index contributed by atoms with van der Waals surface area (Å²) in [6.45, 7) is 5.82. The van der Waals surface area contributed by atoms with Gasteiger partial charge in [0.15, 0.2) is 0 Å². The van der Waals surface area contributed by atoms with Gasteiger partial charge in [0.2, 0.25) is 0 Å². The summed E-state index contributed by atoms with van der Waals surface area (Å²) in [5, 5.41) is 11.8. The second-order valence-electron chi connectivity index (χ2n) is 4.84. The zero-order valence-corrected chi connectivity index (χ0v) is 11.8. The number of carbonyl (C=O) groups is 1. The Morgan fingerprint density at radius 3 is 2.55 bits per heavy atom. The third-order valence-electron chi connectivity index (χ3n) is 3.46. The Labute approximate surface area is 118 Å². The Bertz CT molecular complexity index is 711. The number of aryl methyl sites for hydroxylation is 2. The van der Waals surface area contributed by atoms with Crippen molar-refractivity contribution in [1.82, 2.24) is 0 Å². The van der Waals surface area contributed by atoms with Crippen LogP contribution in [0.2, 0.25) is 0 Å². The van der Waals surface area contributed by atoms with Crippen LogP contribution in [-0.4, -0.2) is 5.91 Å². The maximum Gasteiger partial charge on any atom is 0.255 e. The second kappa shape index (κ2) is 5.58. The quantitative estimate of drug-likeness (QED) is 0.898. The van der Waals surface area contributed by atoms with Crippen molar-refractivity contribution >= 4 is 11.6 Å². The first-order chi connectivity index (χ1) is 9.52. The van der Waals surface area contributed by atoms with E-state index in [0.29, 0.717) is 16.8 Å². The van der Waals surface area contributed by atoms with Crippen LogP contribution in [0.25, 0.3) is 0 Å². The van der Waals surface area contributed by atoms with Gasteiger partial charge in [0.05, 0.1) is 11.6 Å². The summed E-state index contributed by atoms with van der Waals surface area (Å²) < 4.78 is 0. The predicted molar refractivity (Wildman–Crippen MR) is 79.8 cm³/mol. The van der Waals surface area contributed by atoms with Crippen molar-refractivity contribution in [2.75, 3.05) is 5.32 Å². The molecule has 0 aromatic heterocycles. The van der Waals surface area contributed by atoms with E-state index in [9.17, 15) is 4.79 Å². The Kier molecular flexibility index (Phi) is 3.86. The molecule has 0 saturated carbocycles. The van der Waals surface area contributed by atoms with Crippen LogP contribution in [0, 0.1) is 32.1 Å². The van der Waals surface area contributed by atoms with E-state index < -0.39 is 0 Å². The van der Waals surface area contributed by atoms with Gasteiger partial charge < -0.3 is 5.32 Å².